The summed E-state index contributed by atoms with van der Waals surface area (Å²) in [6.07, 6.45) is -4.93. The minimum atomic E-state index is -4.41. The second-order valence-corrected chi connectivity index (χ2v) is 6.64. The van der Waals surface area contributed by atoms with Crippen LogP contribution in [0.25, 0.3) is 0 Å². The van der Waals surface area contributed by atoms with Crippen LogP contribution in [-0.4, -0.2) is 35.7 Å². The van der Waals surface area contributed by atoms with Crippen molar-refractivity contribution in [2.75, 3.05) is 19.7 Å². The van der Waals surface area contributed by atoms with Gasteiger partial charge in [0, 0.05) is 18.1 Å². The average Bonchev–Trinajstić information content (AvgIpc) is 2.63. The summed E-state index contributed by atoms with van der Waals surface area (Å²) in [5, 5.41) is 10.1. The van der Waals surface area contributed by atoms with Crippen LogP contribution in [0.4, 0.5) is 13.2 Å². The first-order valence-corrected chi connectivity index (χ1v) is 8.65. The van der Waals surface area contributed by atoms with Crippen molar-refractivity contribution in [1.29, 1.82) is 0 Å². The number of carbonyl (C=O) groups is 1. The fraction of sp³-hybridized carbons (Fsp3) is 0.316. The normalized spacial score (nSPS) is 19.6. The molecule has 2 atom stereocenters. The molecular weight excluding hydrogens is 383 g/mol. The van der Waals surface area contributed by atoms with Gasteiger partial charge in [0.15, 0.2) is 0 Å². The van der Waals surface area contributed by atoms with Gasteiger partial charge in [-0.05, 0) is 29.3 Å². The van der Waals surface area contributed by atoms with Crippen LogP contribution in [0, 0.1) is 0 Å². The van der Waals surface area contributed by atoms with Crippen molar-refractivity contribution in [3.05, 3.63) is 70.2 Å². The van der Waals surface area contributed by atoms with Crippen LogP contribution < -0.4 is 0 Å². The molecule has 0 amide bonds. The molecule has 3 rings (SSSR count). The van der Waals surface area contributed by atoms with Gasteiger partial charge in [0.25, 0.3) is 0 Å². The molecule has 0 spiro atoms. The van der Waals surface area contributed by atoms with Crippen LogP contribution >= 0.6 is 11.6 Å². The van der Waals surface area contributed by atoms with Gasteiger partial charge >= 0.3 is 12.1 Å². The number of alkyl halides is 3. The van der Waals surface area contributed by atoms with E-state index in [9.17, 15) is 23.1 Å². The highest BCUT2D eigenvalue weighted by Crippen LogP contribution is 2.34. The molecule has 0 saturated carbocycles. The largest absolute Gasteiger partial charge is 0.480 e. The molecule has 8 heteroatoms. The summed E-state index contributed by atoms with van der Waals surface area (Å²) in [6, 6.07) is 10.5. The maximum Gasteiger partial charge on any atom is 0.416 e. The van der Waals surface area contributed by atoms with E-state index >= 15 is 0 Å². The first-order chi connectivity index (χ1) is 12.8. The summed E-state index contributed by atoms with van der Waals surface area (Å²) >= 11 is 6.17. The predicted molar refractivity (Wildman–Crippen MR) is 93.5 cm³/mol. The number of nitrogens with zero attached hydrogens (tertiary/aromatic N) is 1. The lowest BCUT2D eigenvalue weighted by atomic mass is 10.0. The quantitative estimate of drug-likeness (QED) is 0.819. The van der Waals surface area contributed by atoms with Crippen molar-refractivity contribution >= 4 is 17.6 Å². The monoisotopic (exact) mass is 399 g/mol. The highest BCUT2D eigenvalue weighted by molar-refractivity contribution is 6.31. The van der Waals surface area contributed by atoms with Crippen LogP contribution in [-0.2, 0) is 15.7 Å². The number of benzene rings is 2. The molecule has 2 aromatic rings. The van der Waals surface area contributed by atoms with Gasteiger partial charge in [0.05, 0.1) is 18.3 Å². The molecule has 4 nitrogen and oxygen atoms in total. The first kappa shape index (κ1) is 19.7. The van der Waals surface area contributed by atoms with Crippen LogP contribution in [0.2, 0.25) is 5.02 Å². The van der Waals surface area contributed by atoms with Gasteiger partial charge in [0.2, 0.25) is 0 Å². The lowest BCUT2D eigenvalue weighted by Crippen LogP contribution is -2.43. The Balaban J connectivity index is 1.82. The number of halogens is 4. The Hall–Kier alpha value is -2.09. The molecule has 1 aliphatic heterocycles. The Morgan fingerprint density at radius 3 is 2.44 bits per heavy atom. The summed E-state index contributed by atoms with van der Waals surface area (Å²) in [6.45, 7) is 0.868. The molecule has 1 N–H and O–H groups in total. The van der Waals surface area contributed by atoms with Crippen molar-refractivity contribution in [3.8, 4) is 0 Å². The topological polar surface area (TPSA) is 49.8 Å². The van der Waals surface area contributed by atoms with Crippen molar-refractivity contribution in [2.24, 2.45) is 0 Å². The molecule has 0 radical (unpaired) electrons. The van der Waals surface area contributed by atoms with Gasteiger partial charge < -0.3 is 9.84 Å². The zero-order valence-electron chi connectivity index (χ0n) is 14.1. The number of carboxylic acid groups (broad SMARTS) is 1. The Bertz CT molecular complexity index is 811. The van der Waals surface area contributed by atoms with E-state index in [1.54, 1.807) is 29.2 Å². The van der Waals surface area contributed by atoms with Gasteiger partial charge in [-0.25, -0.2) is 0 Å². The second-order valence-electron chi connectivity index (χ2n) is 6.24. The van der Waals surface area contributed by atoms with Gasteiger partial charge in [-0.2, -0.15) is 13.2 Å². The molecule has 2 aromatic carbocycles. The van der Waals surface area contributed by atoms with Gasteiger partial charge in [-0.1, -0.05) is 41.9 Å². The first-order valence-electron chi connectivity index (χ1n) is 8.27. The van der Waals surface area contributed by atoms with Gasteiger partial charge in [0.1, 0.15) is 6.04 Å². The second kappa shape index (κ2) is 7.88. The molecule has 1 fully saturated rings. The van der Waals surface area contributed by atoms with E-state index in [4.69, 9.17) is 16.3 Å². The van der Waals surface area contributed by atoms with E-state index in [1.807, 2.05) is 0 Å². The molecule has 2 unspecified atom stereocenters. The highest BCUT2D eigenvalue weighted by atomic mass is 35.5. The summed E-state index contributed by atoms with van der Waals surface area (Å²) in [7, 11) is 0. The van der Waals surface area contributed by atoms with E-state index in [2.05, 4.69) is 0 Å². The minimum absolute atomic E-state index is 0.230. The Kier molecular flexibility index (Phi) is 5.74. The summed E-state index contributed by atoms with van der Waals surface area (Å²) < 4.78 is 43.8. The lowest BCUT2D eigenvalue weighted by molar-refractivity contribution is -0.147. The zero-order chi connectivity index (χ0) is 19.6. The van der Waals surface area contributed by atoms with Crippen LogP contribution in [0.3, 0.4) is 0 Å². The Labute approximate surface area is 159 Å². The minimum Gasteiger partial charge on any atom is -0.480 e. The smallest absolute Gasteiger partial charge is 0.416 e. The molecule has 144 valence electrons. The fourth-order valence-electron chi connectivity index (χ4n) is 3.17. The fourth-order valence-corrected chi connectivity index (χ4v) is 3.41. The van der Waals surface area contributed by atoms with E-state index < -0.39 is 29.9 Å². The molecule has 1 saturated heterocycles. The zero-order valence-corrected chi connectivity index (χ0v) is 14.9. The third-order valence-electron chi connectivity index (χ3n) is 4.51. The number of morpholine rings is 1. The van der Waals surface area contributed by atoms with Crippen molar-refractivity contribution < 1.29 is 27.8 Å². The third-order valence-corrected chi connectivity index (χ3v) is 4.85. The molecule has 1 aliphatic rings. The maximum absolute atomic E-state index is 12.7. The average molecular weight is 400 g/mol. The van der Waals surface area contributed by atoms with E-state index in [1.165, 1.54) is 12.1 Å². The van der Waals surface area contributed by atoms with E-state index in [0.717, 1.165) is 12.1 Å². The van der Waals surface area contributed by atoms with E-state index in [-0.39, 0.29) is 13.2 Å². The number of hydrogen-bond acceptors (Lipinski definition) is 3. The van der Waals surface area contributed by atoms with Crippen LogP contribution in [0.1, 0.15) is 28.8 Å². The number of aliphatic carboxylic acids is 1. The summed E-state index contributed by atoms with van der Waals surface area (Å²) in [5.41, 5.74) is 0.300. The van der Waals surface area contributed by atoms with Crippen LogP contribution in [0.5, 0.6) is 0 Å². The number of rotatable bonds is 4. The van der Waals surface area contributed by atoms with Crippen molar-refractivity contribution in [1.82, 2.24) is 4.90 Å². The van der Waals surface area contributed by atoms with Crippen molar-refractivity contribution in [3.63, 3.8) is 0 Å². The molecule has 1 heterocycles. The van der Waals surface area contributed by atoms with Gasteiger partial charge in [-0.15, -0.1) is 0 Å². The molecule has 0 aliphatic carbocycles. The SMILES string of the molecule is O=C(O)C(c1ccccc1Cl)N1CCOC(c2ccc(C(F)(F)F)cc2)C1. The predicted octanol–water partition coefficient (Wildman–Crippen LogP) is 4.56. The summed E-state index contributed by atoms with van der Waals surface area (Å²) in [4.78, 5) is 13.6. The van der Waals surface area contributed by atoms with Gasteiger partial charge in [-0.3, -0.25) is 9.69 Å². The summed E-state index contributed by atoms with van der Waals surface area (Å²) in [5.74, 6) is -1.05. The third kappa shape index (κ3) is 4.43. The Morgan fingerprint density at radius 1 is 1.19 bits per heavy atom. The molecule has 0 bridgehead atoms. The molecular formula is C19H17ClF3NO3. The highest BCUT2D eigenvalue weighted by Gasteiger charge is 2.34. The standard InChI is InChI=1S/C19H17ClF3NO3/c20-15-4-2-1-3-14(15)17(18(25)26)24-9-10-27-16(11-24)12-5-7-13(8-6-12)19(21,22)23/h1-8,16-17H,9-11H2,(H,25,26). The number of carboxylic acids is 1. The number of ether oxygens (including phenoxy) is 1. The van der Waals surface area contributed by atoms with Crippen LogP contribution in [0.15, 0.2) is 48.5 Å². The maximum atomic E-state index is 12.7. The lowest BCUT2D eigenvalue weighted by Gasteiger charge is -2.37. The van der Waals surface area contributed by atoms with E-state index in [0.29, 0.717) is 22.7 Å². The molecule has 0 aromatic heterocycles. The number of hydrogen-bond donors (Lipinski definition) is 1. The molecule has 27 heavy (non-hydrogen) atoms. The van der Waals surface area contributed by atoms with Crippen molar-refractivity contribution in [2.45, 2.75) is 18.3 Å². The Morgan fingerprint density at radius 2 is 1.85 bits per heavy atom.